The van der Waals surface area contributed by atoms with E-state index >= 15 is 0 Å². The Labute approximate surface area is 162 Å². The molecule has 1 aliphatic rings. The van der Waals surface area contributed by atoms with Gasteiger partial charge in [0, 0.05) is 24.5 Å². The summed E-state index contributed by atoms with van der Waals surface area (Å²) >= 11 is 3.40. The topological polar surface area (TPSA) is 78.5 Å². The van der Waals surface area contributed by atoms with Gasteiger partial charge in [-0.1, -0.05) is 29.3 Å². The quantitative estimate of drug-likeness (QED) is 0.762. The molecule has 0 bridgehead atoms. The van der Waals surface area contributed by atoms with Gasteiger partial charge < -0.3 is 15.5 Å². The molecule has 142 valence electrons. The van der Waals surface area contributed by atoms with Crippen molar-refractivity contribution in [3.05, 3.63) is 28.2 Å². The fraction of sp³-hybridized carbons (Fsp3) is 0.526. The molecule has 0 saturated carbocycles. The summed E-state index contributed by atoms with van der Waals surface area (Å²) in [6.45, 7) is 6.59. The molecule has 1 fully saturated rings. The Bertz CT molecular complexity index is 693. The third-order valence-electron chi connectivity index (χ3n) is 4.67. The van der Waals surface area contributed by atoms with Gasteiger partial charge in [0.25, 0.3) is 5.91 Å². The van der Waals surface area contributed by atoms with Crippen molar-refractivity contribution in [2.75, 3.05) is 18.4 Å². The molecule has 0 radical (unpaired) electrons. The van der Waals surface area contributed by atoms with Gasteiger partial charge in [-0.05, 0) is 43.9 Å². The van der Waals surface area contributed by atoms with E-state index < -0.39 is 6.04 Å². The molecular weight excluding hydrogens is 398 g/mol. The molecule has 0 aliphatic carbocycles. The number of amides is 3. The number of hydrogen-bond acceptors (Lipinski definition) is 3. The van der Waals surface area contributed by atoms with Gasteiger partial charge in [-0.15, -0.1) is 0 Å². The highest BCUT2D eigenvalue weighted by atomic mass is 79.9. The highest BCUT2D eigenvalue weighted by molar-refractivity contribution is 9.10. The second kappa shape index (κ2) is 9.16. The zero-order valence-electron chi connectivity index (χ0n) is 15.5. The molecule has 0 spiro atoms. The van der Waals surface area contributed by atoms with E-state index in [1.165, 1.54) is 6.92 Å². The van der Waals surface area contributed by atoms with Crippen LogP contribution < -0.4 is 10.6 Å². The minimum absolute atomic E-state index is 0.0769. The molecule has 2 rings (SSSR count). The van der Waals surface area contributed by atoms with Crippen molar-refractivity contribution < 1.29 is 14.4 Å². The van der Waals surface area contributed by atoms with Gasteiger partial charge >= 0.3 is 0 Å². The van der Waals surface area contributed by atoms with Crippen LogP contribution in [0.15, 0.2) is 22.7 Å². The van der Waals surface area contributed by atoms with Crippen molar-refractivity contribution in [3.63, 3.8) is 0 Å². The SMILES string of the molecule is CCC1CCCN(C(=O)c2cc(Br)ccc2NC(=O)C(C)NC(C)=O)C1. The van der Waals surface area contributed by atoms with Crippen LogP contribution in [0.4, 0.5) is 5.69 Å². The second-order valence-corrected chi connectivity index (χ2v) is 7.68. The smallest absolute Gasteiger partial charge is 0.256 e. The molecule has 7 heteroatoms. The van der Waals surface area contributed by atoms with E-state index in [0.29, 0.717) is 17.2 Å². The van der Waals surface area contributed by atoms with Gasteiger partial charge in [0.2, 0.25) is 11.8 Å². The Balaban J connectivity index is 2.20. The van der Waals surface area contributed by atoms with E-state index in [2.05, 4.69) is 33.5 Å². The number of carbonyl (C=O) groups is 3. The lowest BCUT2D eigenvalue weighted by Gasteiger charge is -2.33. The summed E-state index contributed by atoms with van der Waals surface area (Å²) in [5, 5.41) is 5.31. The lowest BCUT2D eigenvalue weighted by atomic mass is 9.95. The van der Waals surface area contributed by atoms with Crippen LogP contribution in [0.2, 0.25) is 0 Å². The maximum absolute atomic E-state index is 13.0. The summed E-state index contributed by atoms with van der Waals surface area (Å²) in [4.78, 5) is 38.4. The predicted molar refractivity (Wildman–Crippen MR) is 105 cm³/mol. The number of benzene rings is 1. The van der Waals surface area contributed by atoms with Crippen LogP contribution in [0.5, 0.6) is 0 Å². The Morgan fingerprint density at radius 2 is 2.08 bits per heavy atom. The van der Waals surface area contributed by atoms with Crippen molar-refractivity contribution in [2.24, 2.45) is 5.92 Å². The number of hydrogen-bond donors (Lipinski definition) is 2. The molecule has 1 aliphatic heterocycles. The number of piperidine rings is 1. The third-order valence-corrected chi connectivity index (χ3v) is 5.16. The van der Waals surface area contributed by atoms with Crippen molar-refractivity contribution in [2.45, 2.75) is 46.1 Å². The van der Waals surface area contributed by atoms with Crippen LogP contribution >= 0.6 is 15.9 Å². The van der Waals surface area contributed by atoms with Crippen molar-refractivity contribution >= 4 is 39.3 Å². The second-order valence-electron chi connectivity index (χ2n) is 6.77. The standard InChI is InChI=1S/C19H26BrN3O3/c1-4-14-6-5-9-23(11-14)19(26)16-10-15(20)7-8-17(16)22-18(25)12(2)21-13(3)24/h7-8,10,12,14H,4-6,9,11H2,1-3H3,(H,21,24)(H,22,25). The van der Waals surface area contributed by atoms with Crippen molar-refractivity contribution in [1.29, 1.82) is 0 Å². The van der Waals surface area contributed by atoms with Crippen LogP contribution in [0.1, 0.15) is 50.4 Å². The number of nitrogens with zero attached hydrogens (tertiary/aromatic N) is 1. The first kappa shape index (κ1) is 20.4. The third kappa shape index (κ3) is 5.30. The minimum atomic E-state index is -0.682. The molecular formula is C19H26BrN3O3. The summed E-state index contributed by atoms with van der Waals surface area (Å²) in [6.07, 6.45) is 3.20. The van der Waals surface area contributed by atoms with Crippen LogP contribution in [-0.4, -0.2) is 41.8 Å². The Morgan fingerprint density at radius 3 is 2.73 bits per heavy atom. The molecule has 1 aromatic rings. The molecule has 3 amide bonds. The molecule has 0 aromatic heterocycles. The number of rotatable bonds is 5. The first-order valence-corrected chi connectivity index (χ1v) is 9.78. The van der Waals surface area contributed by atoms with Gasteiger partial charge in [0.1, 0.15) is 6.04 Å². The largest absolute Gasteiger partial charge is 0.345 e. The fourth-order valence-corrected chi connectivity index (χ4v) is 3.53. The average Bonchev–Trinajstić information content (AvgIpc) is 2.62. The molecule has 6 nitrogen and oxygen atoms in total. The molecule has 1 heterocycles. The first-order valence-electron chi connectivity index (χ1n) is 8.98. The predicted octanol–water partition coefficient (Wildman–Crippen LogP) is 3.17. The van der Waals surface area contributed by atoms with Gasteiger partial charge in [0.05, 0.1) is 11.3 Å². The molecule has 26 heavy (non-hydrogen) atoms. The highest BCUT2D eigenvalue weighted by Gasteiger charge is 2.26. The first-order chi connectivity index (χ1) is 12.3. The van der Waals surface area contributed by atoms with E-state index in [1.807, 2.05) is 4.90 Å². The monoisotopic (exact) mass is 423 g/mol. The number of carbonyl (C=O) groups excluding carboxylic acids is 3. The molecule has 1 saturated heterocycles. The average molecular weight is 424 g/mol. The number of likely N-dealkylation sites (tertiary alicyclic amines) is 1. The molecule has 2 atom stereocenters. The van der Waals surface area contributed by atoms with Crippen molar-refractivity contribution in [3.8, 4) is 0 Å². The summed E-state index contributed by atoms with van der Waals surface area (Å²) in [7, 11) is 0. The lowest BCUT2D eigenvalue weighted by molar-refractivity contribution is -0.124. The Kier molecular flexibility index (Phi) is 7.20. The van der Waals surface area contributed by atoms with Crippen LogP contribution in [-0.2, 0) is 9.59 Å². The summed E-state index contributed by atoms with van der Waals surface area (Å²) in [5.41, 5.74) is 0.915. The Hall–Kier alpha value is -1.89. The van der Waals surface area contributed by atoms with Crippen LogP contribution in [0, 0.1) is 5.92 Å². The van der Waals surface area contributed by atoms with Crippen molar-refractivity contribution in [1.82, 2.24) is 10.2 Å². The maximum atomic E-state index is 13.0. The van der Waals surface area contributed by atoms with E-state index in [-0.39, 0.29) is 17.7 Å². The normalized spacial score (nSPS) is 18.2. The minimum Gasteiger partial charge on any atom is -0.345 e. The molecule has 2 N–H and O–H groups in total. The molecule has 2 unspecified atom stereocenters. The highest BCUT2D eigenvalue weighted by Crippen LogP contribution is 2.26. The number of anilines is 1. The zero-order valence-corrected chi connectivity index (χ0v) is 17.1. The van der Waals surface area contributed by atoms with Crippen LogP contribution in [0.3, 0.4) is 0 Å². The zero-order chi connectivity index (χ0) is 19.3. The van der Waals surface area contributed by atoms with E-state index in [4.69, 9.17) is 0 Å². The van der Waals surface area contributed by atoms with Crippen LogP contribution in [0.25, 0.3) is 0 Å². The van der Waals surface area contributed by atoms with E-state index in [0.717, 1.165) is 36.8 Å². The van der Waals surface area contributed by atoms with E-state index in [9.17, 15) is 14.4 Å². The fourth-order valence-electron chi connectivity index (χ4n) is 3.17. The Morgan fingerprint density at radius 1 is 1.35 bits per heavy atom. The summed E-state index contributed by atoms with van der Waals surface area (Å²) in [6, 6.07) is 4.53. The number of nitrogens with one attached hydrogen (secondary N) is 2. The number of halogens is 1. The summed E-state index contributed by atoms with van der Waals surface area (Å²) in [5.74, 6) is -0.190. The van der Waals surface area contributed by atoms with E-state index in [1.54, 1.807) is 25.1 Å². The van der Waals surface area contributed by atoms with Gasteiger partial charge in [-0.2, -0.15) is 0 Å². The van der Waals surface area contributed by atoms with Gasteiger partial charge in [-0.3, -0.25) is 14.4 Å². The molecule has 1 aromatic carbocycles. The maximum Gasteiger partial charge on any atom is 0.256 e. The summed E-state index contributed by atoms with van der Waals surface area (Å²) < 4.78 is 0.776. The van der Waals surface area contributed by atoms with Gasteiger partial charge in [-0.25, -0.2) is 0 Å². The van der Waals surface area contributed by atoms with Gasteiger partial charge in [0.15, 0.2) is 0 Å². The lowest BCUT2D eigenvalue weighted by Crippen LogP contribution is -2.42.